The van der Waals surface area contributed by atoms with Crippen LogP contribution >= 0.6 is 0 Å². The quantitative estimate of drug-likeness (QED) is 0.224. The molecule has 7 heteroatoms. The molecule has 2 aliphatic rings. The third kappa shape index (κ3) is 8.23. The molecular weight excluding hydrogens is 408 g/mol. The number of amides is 2. The van der Waals surface area contributed by atoms with Crippen molar-refractivity contribution in [2.24, 2.45) is 11.8 Å². The molecule has 7 nitrogen and oxygen atoms in total. The number of rotatable bonds is 15. The van der Waals surface area contributed by atoms with Crippen LogP contribution in [0.5, 0.6) is 0 Å². The summed E-state index contributed by atoms with van der Waals surface area (Å²) in [5.74, 6) is -0.846. The molecule has 32 heavy (non-hydrogen) atoms. The highest BCUT2D eigenvalue weighted by molar-refractivity contribution is 6.34. The minimum Gasteiger partial charge on any atom is -0.481 e. The van der Waals surface area contributed by atoms with Gasteiger partial charge in [-0.25, -0.2) is 0 Å². The van der Waals surface area contributed by atoms with Crippen LogP contribution in [0.25, 0.3) is 0 Å². The molecule has 0 unspecified atom stereocenters. The minimum atomic E-state index is -0.751. The second kappa shape index (κ2) is 14.3. The Bertz CT molecular complexity index is 636. The van der Waals surface area contributed by atoms with Gasteiger partial charge in [0.05, 0.1) is 12.2 Å². The van der Waals surface area contributed by atoms with Crippen LogP contribution in [-0.4, -0.2) is 59.6 Å². The van der Waals surface area contributed by atoms with Crippen molar-refractivity contribution in [1.29, 1.82) is 0 Å². The maximum atomic E-state index is 12.5. The van der Waals surface area contributed by atoms with Crippen molar-refractivity contribution in [3.05, 3.63) is 12.2 Å². The van der Waals surface area contributed by atoms with Crippen LogP contribution in [0.4, 0.5) is 0 Å². The van der Waals surface area contributed by atoms with Crippen molar-refractivity contribution >= 4 is 17.8 Å². The van der Waals surface area contributed by atoms with E-state index in [1.807, 2.05) is 6.92 Å². The standard InChI is InChI=1S/C25H42N2O5/c1-3-5-6-11-18-27(4-2)25(31)24(30)26-17-16-20-19(21-14-15-22(20)32-21)12-9-7-8-10-13-23(28)29/h7,9,19-22H,3-6,8,10-18H2,1-2H3,(H,26,30)(H,28,29)/t19-,20+,21-,22+/m1/s1. The number of carbonyl (C=O) groups is 3. The minimum absolute atomic E-state index is 0.205. The van der Waals surface area contributed by atoms with Gasteiger partial charge >= 0.3 is 17.8 Å². The Hall–Kier alpha value is -1.89. The maximum absolute atomic E-state index is 12.5. The lowest BCUT2D eigenvalue weighted by Gasteiger charge is -2.27. The highest BCUT2D eigenvalue weighted by atomic mass is 16.5. The van der Waals surface area contributed by atoms with Gasteiger partial charge in [0.1, 0.15) is 0 Å². The van der Waals surface area contributed by atoms with Gasteiger partial charge in [-0.15, -0.1) is 0 Å². The van der Waals surface area contributed by atoms with Gasteiger partial charge in [-0.1, -0.05) is 38.3 Å². The molecule has 0 aromatic carbocycles. The molecule has 2 fully saturated rings. The molecule has 2 amide bonds. The van der Waals surface area contributed by atoms with E-state index in [1.54, 1.807) is 4.90 Å². The molecule has 0 aromatic heterocycles. The fourth-order valence-electron chi connectivity index (χ4n) is 5.04. The van der Waals surface area contributed by atoms with Gasteiger partial charge in [0.15, 0.2) is 0 Å². The number of carboxylic acid groups (broad SMARTS) is 1. The second-order valence-corrected chi connectivity index (χ2v) is 9.10. The Morgan fingerprint density at radius 1 is 1.03 bits per heavy atom. The largest absolute Gasteiger partial charge is 0.481 e. The van der Waals surface area contributed by atoms with Crippen LogP contribution < -0.4 is 5.32 Å². The Morgan fingerprint density at radius 3 is 2.47 bits per heavy atom. The van der Waals surface area contributed by atoms with Crippen molar-refractivity contribution in [1.82, 2.24) is 10.2 Å². The summed E-state index contributed by atoms with van der Waals surface area (Å²) in [7, 11) is 0. The molecule has 182 valence electrons. The van der Waals surface area contributed by atoms with Crippen LogP contribution in [-0.2, 0) is 19.1 Å². The predicted molar refractivity (Wildman–Crippen MR) is 124 cm³/mol. The number of fused-ring (bicyclic) bond motifs is 2. The van der Waals surface area contributed by atoms with E-state index in [1.165, 1.54) is 0 Å². The van der Waals surface area contributed by atoms with Crippen molar-refractivity contribution in [2.45, 2.75) is 96.7 Å². The SMILES string of the molecule is CCCCCCN(CC)C(=O)C(=O)NCC[C@H]1[C@@H](CC=CCCCC(=O)O)[C@H]2CC[C@@H]1O2. The molecule has 0 saturated carbocycles. The zero-order chi connectivity index (χ0) is 23.3. The Labute approximate surface area is 192 Å². The van der Waals surface area contributed by atoms with Crippen LogP contribution in [0.2, 0.25) is 0 Å². The lowest BCUT2D eigenvalue weighted by atomic mass is 9.76. The maximum Gasteiger partial charge on any atom is 0.311 e. The Balaban J connectivity index is 1.73. The van der Waals surface area contributed by atoms with Crippen LogP contribution in [0.15, 0.2) is 12.2 Å². The summed E-state index contributed by atoms with van der Waals surface area (Å²) in [6.07, 6.45) is 14.6. The summed E-state index contributed by atoms with van der Waals surface area (Å²) in [6, 6.07) is 0. The van der Waals surface area contributed by atoms with E-state index in [2.05, 4.69) is 24.4 Å². The summed E-state index contributed by atoms with van der Waals surface area (Å²) in [5.41, 5.74) is 0. The molecule has 0 spiro atoms. The number of allylic oxidation sites excluding steroid dienone is 2. The van der Waals surface area contributed by atoms with Gasteiger partial charge in [0.2, 0.25) is 0 Å². The topological polar surface area (TPSA) is 95.9 Å². The van der Waals surface area contributed by atoms with E-state index in [0.717, 1.165) is 57.8 Å². The molecule has 2 rings (SSSR count). The predicted octanol–water partition coefficient (Wildman–Crippen LogP) is 3.92. The third-order valence-corrected chi connectivity index (χ3v) is 6.83. The molecule has 2 heterocycles. The number of carboxylic acids is 1. The highest BCUT2D eigenvalue weighted by Gasteiger charge is 2.47. The first-order valence-electron chi connectivity index (χ1n) is 12.6. The van der Waals surface area contributed by atoms with Gasteiger partial charge in [0.25, 0.3) is 0 Å². The number of unbranched alkanes of at least 4 members (excludes halogenated alkanes) is 4. The van der Waals surface area contributed by atoms with Crippen molar-refractivity contribution in [2.75, 3.05) is 19.6 Å². The lowest BCUT2D eigenvalue weighted by Crippen LogP contribution is -2.44. The smallest absolute Gasteiger partial charge is 0.311 e. The normalized spacial score (nSPS) is 24.2. The number of nitrogens with zero attached hydrogens (tertiary/aromatic N) is 1. The fourth-order valence-corrected chi connectivity index (χ4v) is 5.04. The monoisotopic (exact) mass is 450 g/mol. The molecule has 2 aliphatic heterocycles. The molecule has 2 saturated heterocycles. The molecule has 0 aliphatic carbocycles. The van der Waals surface area contributed by atoms with Crippen molar-refractivity contribution in [3.63, 3.8) is 0 Å². The third-order valence-electron chi connectivity index (χ3n) is 6.83. The van der Waals surface area contributed by atoms with Gasteiger partial charge in [-0.2, -0.15) is 0 Å². The van der Waals surface area contributed by atoms with Gasteiger partial charge in [0, 0.05) is 26.1 Å². The fraction of sp³-hybridized carbons (Fsp3) is 0.800. The van der Waals surface area contributed by atoms with Gasteiger partial charge in [-0.3, -0.25) is 14.4 Å². The highest BCUT2D eigenvalue weighted by Crippen LogP contribution is 2.46. The van der Waals surface area contributed by atoms with Crippen LogP contribution in [0.3, 0.4) is 0 Å². The van der Waals surface area contributed by atoms with Crippen LogP contribution in [0.1, 0.15) is 84.5 Å². The number of nitrogens with one attached hydrogen (secondary N) is 1. The number of ether oxygens (including phenoxy) is 1. The molecular formula is C25H42N2O5. The first-order chi connectivity index (χ1) is 15.5. The number of carbonyl (C=O) groups excluding carboxylic acids is 2. The first kappa shape index (κ1) is 26.4. The van der Waals surface area contributed by atoms with E-state index in [0.29, 0.717) is 37.9 Å². The number of aliphatic carboxylic acids is 1. The lowest BCUT2D eigenvalue weighted by molar-refractivity contribution is -0.145. The second-order valence-electron chi connectivity index (χ2n) is 9.10. The number of hydrogen-bond donors (Lipinski definition) is 2. The van der Waals surface area contributed by atoms with E-state index in [4.69, 9.17) is 9.84 Å². The Kier molecular flexibility index (Phi) is 11.8. The summed E-state index contributed by atoms with van der Waals surface area (Å²) < 4.78 is 6.13. The van der Waals surface area contributed by atoms with Gasteiger partial charge in [-0.05, 0) is 63.7 Å². The van der Waals surface area contributed by atoms with Crippen molar-refractivity contribution < 1.29 is 24.2 Å². The van der Waals surface area contributed by atoms with E-state index < -0.39 is 17.8 Å². The summed E-state index contributed by atoms with van der Waals surface area (Å²) in [4.78, 5) is 37.1. The zero-order valence-electron chi connectivity index (χ0n) is 19.9. The van der Waals surface area contributed by atoms with E-state index >= 15 is 0 Å². The molecule has 0 aromatic rings. The molecule has 4 atom stereocenters. The van der Waals surface area contributed by atoms with Crippen LogP contribution in [0, 0.1) is 11.8 Å². The molecule has 2 bridgehead atoms. The number of hydrogen-bond acceptors (Lipinski definition) is 4. The van der Waals surface area contributed by atoms with Gasteiger partial charge < -0.3 is 20.1 Å². The summed E-state index contributed by atoms with van der Waals surface area (Å²) in [6.45, 7) is 5.76. The average molecular weight is 451 g/mol. The van der Waals surface area contributed by atoms with Crippen molar-refractivity contribution in [3.8, 4) is 0 Å². The Morgan fingerprint density at radius 2 is 1.78 bits per heavy atom. The van der Waals surface area contributed by atoms with E-state index in [-0.39, 0.29) is 18.6 Å². The average Bonchev–Trinajstić information content (AvgIpc) is 3.38. The molecule has 0 radical (unpaired) electrons. The first-order valence-corrected chi connectivity index (χ1v) is 12.6. The van der Waals surface area contributed by atoms with E-state index in [9.17, 15) is 14.4 Å². The zero-order valence-corrected chi connectivity index (χ0v) is 19.9. The molecule has 2 N–H and O–H groups in total. The number of likely N-dealkylation sites (N-methyl/N-ethyl adjacent to an activating group) is 1. The summed E-state index contributed by atoms with van der Waals surface area (Å²) in [5, 5.41) is 11.6. The summed E-state index contributed by atoms with van der Waals surface area (Å²) >= 11 is 0.